The first-order valence-corrected chi connectivity index (χ1v) is 8.33. The number of hydrogen-bond acceptors (Lipinski definition) is 4. The molecule has 23 heavy (non-hydrogen) atoms. The summed E-state index contributed by atoms with van der Waals surface area (Å²) in [5.41, 5.74) is 0.527. The molecule has 1 aromatic rings. The second kappa shape index (κ2) is 6.26. The summed E-state index contributed by atoms with van der Waals surface area (Å²) >= 11 is 0. The van der Waals surface area contributed by atoms with Crippen molar-refractivity contribution < 1.29 is 9.59 Å². The fraction of sp³-hybridized carbons (Fsp3) is 0.647. The average molecular weight is 316 g/mol. The largest absolute Gasteiger partial charge is 0.355 e. The van der Waals surface area contributed by atoms with E-state index in [1.165, 1.54) is 0 Å². The van der Waals surface area contributed by atoms with Gasteiger partial charge in [0.25, 0.3) is 0 Å². The first-order valence-electron chi connectivity index (χ1n) is 8.33. The molecule has 1 N–H and O–H groups in total. The van der Waals surface area contributed by atoms with Gasteiger partial charge in [-0.1, -0.05) is 0 Å². The fourth-order valence-electron chi connectivity index (χ4n) is 3.43. The minimum Gasteiger partial charge on any atom is -0.355 e. The zero-order chi connectivity index (χ0) is 16.4. The zero-order valence-corrected chi connectivity index (χ0v) is 13.8. The molecule has 0 aliphatic carbocycles. The molecule has 1 aromatic heterocycles. The Hall–Kier alpha value is -1.98. The first kappa shape index (κ1) is 15.9. The number of nitrogens with zero attached hydrogens (tertiary/aromatic N) is 3. The minimum absolute atomic E-state index is 0.0468. The molecule has 3 heterocycles. The van der Waals surface area contributed by atoms with Crippen molar-refractivity contribution in [3.63, 3.8) is 0 Å². The van der Waals surface area contributed by atoms with E-state index in [1.807, 2.05) is 24.8 Å². The smallest absolute Gasteiger partial charge is 0.230 e. The van der Waals surface area contributed by atoms with Gasteiger partial charge >= 0.3 is 0 Å². The van der Waals surface area contributed by atoms with E-state index in [0.29, 0.717) is 25.3 Å². The van der Waals surface area contributed by atoms with Crippen LogP contribution in [0, 0.1) is 12.3 Å². The molecule has 2 fully saturated rings. The lowest BCUT2D eigenvalue weighted by Gasteiger charge is -2.39. The number of carbonyl (C=O) groups excluding carboxylic acids is 2. The highest BCUT2D eigenvalue weighted by atomic mass is 16.2. The standard InChI is InChI=1S/C17H24N4O2/c1-12-4-8-18-15(20-12)13-5-9-21(10-6-13)16(23)17(2)7-3-14(22)19-11-17/h4,8,13H,3,5-7,9-11H2,1-2H3,(H,19,22). The van der Waals surface area contributed by atoms with Gasteiger partial charge in [-0.15, -0.1) is 0 Å². The van der Waals surface area contributed by atoms with Gasteiger partial charge in [0, 0.05) is 43.9 Å². The summed E-state index contributed by atoms with van der Waals surface area (Å²) in [7, 11) is 0. The molecule has 1 atom stereocenters. The average Bonchev–Trinajstić information content (AvgIpc) is 2.57. The Morgan fingerprint density at radius 1 is 1.39 bits per heavy atom. The highest BCUT2D eigenvalue weighted by Crippen LogP contribution is 2.32. The number of amides is 2. The van der Waals surface area contributed by atoms with Gasteiger partial charge in [0.1, 0.15) is 5.82 Å². The summed E-state index contributed by atoms with van der Waals surface area (Å²) in [6.45, 7) is 5.87. The Bertz CT molecular complexity index is 598. The summed E-state index contributed by atoms with van der Waals surface area (Å²) in [5.74, 6) is 1.44. The molecule has 3 rings (SSSR count). The number of aromatic nitrogens is 2. The SMILES string of the molecule is Cc1ccnc(C2CCN(C(=O)C3(C)CCC(=O)NC3)CC2)n1. The van der Waals surface area contributed by atoms with Crippen molar-refractivity contribution in [2.75, 3.05) is 19.6 Å². The predicted molar refractivity (Wildman–Crippen MR) is 85.7 cm³/mol. The molecule has 6 heteroatoms. The van der Waals surface area contributed by atoms with Gasteiger partial charge in [-0.25, -0.2) is 9.97 Å². The van der Waals surface area contributed by atoms with Gasteiger partial charge < -0.3 is 10.2 Å². The van der Waals surface area contributed by atoms with Crippen LogP contribution in [0.4, 0.5) is 0 Å². The highest BCUT2D eigenvalue weighted by Gasteiger charge is 2.40. The Morgan fingerprint density at radius 2 is 2.13 bits per heavy atom. The fourth-order valence-corrected chi connectivity index (χ4v) is 3.43. The lowest BCUT2D eigenvalue weighted by molar-refractivity contribution is -0.145. The first-order chi connectivity index (χ1) is 11.0. The minimum atomic E-state index is -0.458. The summed E-state index contributed by atoms with van der Waals surface area (Å²) in [6.07, 6.45) is 4.69. The normalized spacial score (nSPS) is 26.0. The van der Waals surface area contributed by atoms with Crippen LogP contribution in [0.2, 0.25) is 0 Å². The Morgan fingerprint density at radius 3 is 2.74 bits per heavy atom. The Kier molecular flexibility index (Phi) is 4.33. The van der Waals surface area contributed by atoms with Crippen molar-refractivity contribution in [3.05, 3.63) is 23.8 Å². The summed E-state index contributed by atoms with van der Waals surface area (Å²) in [4.78, 5) is 35.0. The van der Waals surface area contributed by atoms with Crippen LogP contribution in [0.25, 0.3) is 0 Å². The maximum Gasteiger partial charge on any atom is 0.230 e. The summed E-state index contributed by atoms with van der Waals surface area (Å²) in [6, 6.07) is 1.90. The van der Waals surface area contributed by atoms with E-state index in [4.69, 9.17) is 0 Å². The van der Waals surface area contributed by atoms with Gasteiger partial charge in [-0.3, -0.25) is 9.59 Å². The molecule has 0 aromatic carbocycles. The lowest BCUT2D eigenvalue weighted by atomic mass is 9.80. The molecule has 0 spiro atoms. The molecule has 2 aliphatic heterocycles. The van der Waals surface area contributed by atoms with E-state index in [-0.39, 0.29) is 11.8 Å². The van der Waals surface area contributed by atoms with Crippen molar-refractivity contribution in [2.45, 2.75) is 45.4 Å². The van der Waals surface area contributed by atoms with E-state index >= 15 is 0 Å². The maximum absolute atomic E-state index is 12.8. The molecular formula is C17H24N4O2. The Balaban J connectivity index is 1.60. The van der Waals surface area contributed by atoms with E-state index in [0.717, 1.165) is 37.4 Å². The molecule has 0 bridgehead atoms. The number of likely N-dealkylation sites (tertiary alicyclic amines) is 1. The molecule has 2 aliphatic rings. The molecule has 6 nitrogen and oxygen atoms in total. The van der Waals surface area contributed by atoms with E-state index in [2.05, 4.69) is 15.3 Å². The number of hydrogen-bond donors (Lipinski definition) is 1. The topological polar surface area (TPSA) is 75.2 Å². The third kappa shape index (κ3) is 3.35. The highest BCUT2D eigenvalue weighted by molar-refractivity contribution is 5.86. The van der Waals surface area contributed by atoms with Gasteiger partial charge in [0.05, 0.1) is 5.41 Å². The van der Waals surface area contributed by atoms with Crippen molar-refractivity contribution in [1.29, 1.82) is 0 Å². The third-order valence-electron chi connectivity index (χ3n) is 5.06. The van der Waals surface area contributed by atoms with Crippen LogP contribution < -0.4 is 5.32 Å². The van der Waals surface area contributed by atoms with Gasteiger partial charge in [0.15, 0.2) is 0 Å². The van der Waals surface area contributed by atoms with Crippen molar-refractivity contribution >= 4 is 11.8 Å². The van der Waals surface area contributed by atoms with E-state index < -0.39 is 5.41 Å². The molecule has 2 amide bonds. The molecular weight excluding hydrogens is 292 g/mol. The van der Waals surface area contributed by atoms with Crippen LogP contribution in [0.15, 0.2) is 12.3 Å². The zero-order valence-electron chi connectivity index (χ0n) is 13.8. The van der Waals surface area contributed by atoms with Crippen LogP contribution in [0.5, 0.6) is 0 Å². The summed E-state index contributed by atoms with van der Waals surface area (Å²) < 4.78 is 0. The molecule has 0 radical (unpaired) electrons. The van der Waals surface area contributed by atoms with Crippen LogP contribution in [-0.4, -0.2) is 46.3 Å². The van der Waals surface area contributed by atoms with Crippen molar-refractivity contribution in [1.82, 2.24) is 20.2 Å². The summed E-state index contributed by atoms with van der Waals surface area (Å²) in [5, 5.41) is 2.83. The molecule has 2 saturated heterocycles. The van der Waals surface area contributed by atoms with Crippen molar-refractivity contribution in [3.8, 4) is 0 Å². The van der Waals surface area contributed by atoms with Gasteiger partial charge in [-0.2, -0.15) is 0 Å². The van der Waals surface area contributed by atoms with Crippen LogP contribution in [-0.2, 0) is 9.59 Å². The monoisotopic (exact) mass is 316 g/mol. The number of nitrogens with one attached hydrogen (secondary N) is 1. The van der Waals surface area contributed by atoms with Crippen LogP contribution >= 0.6 is 0 Å². The van der Waals surface area contributed by atoms with E-state index in [9.17, 15) is 9.59 Å². The van der Waals surface area contributed by atoms with Gasteiger partial charge in [-0.05, 0) is 39.2 Å². The molecule has 124 valence electrons. The maximum atomic E-state index is 12.8. The quantitative estimate of drug-likeness (QED) is 0.895. The number of rotatable bonds is 2. The predicted octanol–water partition coefficient (Wildman–Crippen LogP) is 1.41. The Labute approximate surface area is 136 Å². The number of carbonyl (C=O) groups is 2. The van der Waals surface area contributed by atoms with Gasteiger partial charge in [0.2, 0.25) is 11.8 Å². The lowest BCUT2D eigenvalue weighted by Crippen LogP contribution is -2.53. The third-order valence-corrected chi connectivity index (χ3v) is 5.06. The van der Waals surface area contributed by atoms with Crippen molar-refractivity contribution in [2.24, 2.45) is 5.41 Å². The number of aryl methyl sites for hydroxylation is 1. The molecule has 1 unspecified atom stereocenters. The second-order valence-electron chi connectivity index (χ2n) is 6.96. The van der Waals surface area contributed by atoms with Crippen LogP contribution in [0.3, 0.4) is 0 Å². The van der Waals surface area contributed by atoms with E-state index in [1.54, 1.807) is 6.20 Å². The number of piperidine rings is 2. The second-order valence-corrected chi connectivity index (χ2v) is 6.96. The van der Waals surface area contributed by atoms with Crippen LogP contribution in [0.1, 0.15) is 50.0 Å². The molecule has 0 saturated carbocycles.